The molecule has 0 aliphatic rings. The molecule has 0 atom stereocenters. The van der Waals surface area contributed by atoms with Crippen LogP contribution < -0.4 is 9.80 Å². The molecule has 14 aromatic carbocycles. The van der Waals surface area contributed by atoms with Crippen LogP contribution in [0.1, 0.15) is 33.4 Å². The molecule has 2 heterocycles. The van der Waals surface area contributed by atoms with Crippen LogP contribution in [0.3, 0.4) is 0 Å². The van der Waals surface area contributed by atoms with E-state index < -0.39 is 0 Å². The minimum Gasteiger partial charge on any atom is -0.453 e. The second-order valence-corrected chi connectivity index (χ2v) is 22.7. The fraction of sp³-hybridized carbons (Fsp3) is 0.0769. The number of rotatable bonds is 8. The van der Waals surface area contributed by atoms with E-state index in [1.807, 2.05) is 0 Å². The molecular weight excluding hydrogens is 997 g/mol. The molecule has 0 aliphatic heterocycles. The van der Waals surface area contributed by atoms with E-state index in [-0.39, 0.29) is 0 Å². The van der Waals surface area contributed by atoms with E-state index in [1.165, 1.54) is 76.5 Å². The Morgan fingerprint density at radius 3 is 1.04 bits per heavy atom. The third-order valence-electron chi connectivity index (χ3n) is 17.4. The van der Waals surface area contributed by atoms with Crippen LogP contribution in [0.4, 0.5) is 34.1 Å². The molecule has 0 bridgehead atoms. The quantitative estimate of drug-likeness (QED) is 0.142. The van der Waals surface area contributed by atoms with Gasteiger partial charge in [0.05, 0.1) is 34.1 Å². The van der Waals surface area contributed by atoms with Crippen molar-refractivity contribution in [3.8, 4) is 22.3 Å². The maximum Gasteiger partial charge on any atom is 0.159 e. The van der Waals surface area contributed by atoms with E-state index >= 15 is 0 Å². The summed E-state index contributed by atoms with van der Waals surface area (Å²) in [7, 11) is 0. The molecule has 0 unspecified atom stereocenters. The first kappa shape index (κ1) is 47.8. The predicted molar refractivity (Wildman–Crippen MR) is 348 cm³/mol. The summed E-state index contributed by atoms with van der Waals surface area (Å²) in [5.41, 5.74) is 21.5. The molecule has 82 heavy (non-hydrogen) atoms. The number of furan rings is 2. The molecule has 4 nitrogen and oxygen atoms in total. The van der Waals surface area contributed by atoms with E-state index in [4.69, 9.17) is 8.83 Å². The van der Waals surface area contributed by atoms with E-state index in [0.717, 1.165) is 111 Å². The first-order valence-corrected chi connectivity index (χ1v) is 28.5. The molecular formula is C78H56N2O2. The van der Waals surface area contributed by atoms with Gasteiger partial charge in [-0.1, -0.05) is 205 Å². The van der Waals surface area contributed by atoms with Crippen molar-refractivity contribution in [1.82, 2.24) is 0 Å². The molecule has 0 amide bonds. The summed E-state index contributed by atoms with van der Waals surface area (Å²) in [6.07, 6.45) is 0. The minimum atomic E-state index is 0.849. The monoisotopic (exact) mass is 1050 g/mol. The lowest BCUT2D eigenvalue weighted by Crippen LogP contribution is -2.14. The highest BCUT2D eigenvalue weighted by Gasteiger charge is 2.29. The molecule has 0 aliphatic carbocycles. The number of para-hydroxylation sites is 2. The molecule has 2 aromatic heterocycles. The van der Waals surface area contributed by atoms with Crippen LogP contribution in [0.5, 0.6) is 0 Å². The fourth-order valence-corrected chi connectivity index (χ4v) is 14.2. The van der Waals surface area contributed by atoms with Gasteiger partial charge in [0.25, 0.3) is 0 Å². The Morgan fingerprint density at radius 1 is 0.256 bits per heavy atom. The zero-order valence-electron chi connectivity index (χ0n) is 46.7. The van der Waals surface area contributed by atoms with Crippen molar-refractivity contribution in [2.75, 3.05) is 9.80 Å². The van der Waals surface area contributed by atoms with Crippen LogP contribution in [0.15, 0.2) is 239 Å². The highest BCUT2D eigenvalue weighted by molar-refractivity contribution is 6.30. The van der Waals surface area contributed by atoms with Gasteiger partial charge in [-0.25, -0.2) is 0 Å². The van der Waals surface area contributed by atoms with Gasteiger partial charge >= 0.3 is 0 Å². The summed E-state index contributed by atoms with van der Waals surface area (Å²) in [4.78, 5) is 4.99. The Bertz CT molecular complexity index is 4920. The van der Waals surface area contributed by atoms with Gasteiger partial charge in [0.2, 0.25) is 0 Å². The van der Waals surface area contributed by atoms with Crippen LogP contribution in [0, 0.1) is 41.5 Å². The second kappa shape index (κ2) is 18.2. The Labute approximate surface area is 475 Å². The smallest absolute Gasteiger partial charge is 0.159 e. The normalized spacial score (nSPS) is 12.0. The van der Waals surface area contributed by atoms with Gasteiger partial charge in [0.1, 0.15) is 11.2 Å². The molecule has 0 spiro atoms. The van der Waals surface area contributed by atoms with E-state index in [1.54, 1.807) is 0 Å². The van der Waals surface area contributed by atoms with Crippen molar-refractivity contribution in [2.24, 2.45) is 0 Å². The lowest BCUT2D eigenvalue weighted by molar-refractivity contribution is 0.670. The molecule has 0 saturated carbocycles. The molecule has 0 radical (unpaired) electrons. The van der Waals surface area contributed by atoms with Crippen molar-refractivity contribution < 1.29 is 8.83 Å². The van der Waals surface area contributed by atoms with Gasteiger partial charge in [-0.15, -0.1) is 0 Å². The SMILES string of the molecule is Cc1cc(C)c(N(c2ccc3ccc4c(N(c5c(C)cc(C)cc5C)c5cccc6c5oc5c(-c7ccccc7)cc7ccccc7c56)ccc5ccc2c3c54)c2cccc3c2oc2c(-c4ccccc4)cc4ccccc4c23)c(C)c1. The van der Waals surface area contributed by atoms with Crippen LogP contribution in [-0.4, -0.2) is 0 Å². The lowest BCUT2D eigenvalue weighted by atomic mass is 9.91. The summed E-state index contributed by atoms with van der Waals surface area (Å²) in [6, 6.07) is 84.7. The van der Waals surface area contributed by atoms with Crippen LogP contribution in [-0.2, 0) is 0 Å². The van der Waals surface area contributed by atoms with Crippen molar-refractivity contribution in [3.05, 3.63) is 264 Å². The van der Waals surface area contributed by atoms with Crippen molar-refractivity contribution in [3.63, 3.8) is 0 Å². The van der Waals surface area contributed by atoms with Crippen molar-refractivity contribution in [1.29, 1.82) is 0 Å². The second-order valence-electron chi connectivity index (χ2n) is 22.7. The number of hydrogen-bond acceptors (Lipinski definition) is 4. The fourth-order valence-electron chi connectivity index (χ4n) is 14.2. The third kappa shape index (κ3) is 7.10. The Balaban J connectivity index is 0.973. The first-order valence-electron chi connectivity index (χ1n) is 28.5. The van der Waals surface area contributed by atoms with Gasteiger partial charge in [-0.3, -0.25) is 0 Å². The van der Waals surface area contributed by atoms with Crippen LogP contribution >= 0.6 is 0 Å². The average molecular weight is 1050 g/mol. The summed E-state index contributed by atoms with van der Waals surface area (Å²) >= 11 is 0. The van der Waals surface area contributed by atoms with Crippen LogP contribution in [0.2, 0.25) is 0 Å². The average Bonchev–Trinajstić information content (AvgIpc) is 3.96. The van der Waals surface area contributed by atoms with Crippen molar-refractivity contribution >= 4 is 132 Å². The molecule has 16 aromatic rings. The molecule has 16 rings (SSSR count). The van der Waals surface area contributed by atoms with Crippen LogP contribution in [0.25, 0.3) is 120 Å². The number of aryl methyl sites for hydroxylation is 6. The summed E-state index contributed by atoms with van der Waals surface area (Å²) in [5.74, 6) is 0. The van der Waals surface area contributed by atoms with Gasteiger partial charge in [0.15, 0.2) is 11.2 Å². The lowest BCUT2D eigenvalue weighted by Gasteiger charge is -2.32. The highest BCUT2D eigenvalue weighted by Crippen LogP contribution is 2.54. The Kier molecular flexibility index (Phi) is 10.6. The number of hydrogen-bond donors (Lipinski definition) is 0. The maximum absolute atomic E-state index is 7.43. The zero-order chi connectivity index (χ0) is 55.1. The number of benzene rings is 14. The first-order chi connectivity index (χ1) is 40.2. The highest BCUT2D eigenvalue weighted by atomic mass is 16.3. The van der Waals surface area contributed by atoms with Gasteiger partial charge < -0.3 is 18.6 Å². The molecule has 0 fully saturated rings. The van der Waals surface area contributed by atoms with Crippen molar-refractivity contribution in [2.45, 2.75) is 41.5 Å². The zero-order valence-corrected chi connectivity index (χ0v) is 46.7. The summed E-state index contributed by atoms with van der Waals surface area (Å²) in [5, 5.41) is 16.2. The molecule has 390 valence electrons. The molecule has 0 saturated heterocycles. The Morgan fingerprint density at radius 2 is 0.622 bits per heavy atom. The standard InChI is InChI=1S/C78H56N2O2/c1-45-39-47(3)73(48(4)40-45)79(67-29-17-27-61-71-57-25-15-13-23-55(57)43-63(77(71)81-75(61)67)51-19-9-7-10-20-51)65-37-33-53-32-36-60-66(38-34-54-31-35-59(65)69(53)70(54)60)80(74-49(5)41-46(2)42-50(74)6)68-30-18-28-62-72-58-26-16-14-24-56(58)44-64(78(72)82-76(62)68)52-21-11-8-12-22-52/h7-44H,1-6H3. The molecule has 4 heteroatoms. The van der Waals surface area contributed by atoms with E-state index in [9.17, 15) is 0 Å². The largest absolute Gasteiger partial charge is 0.453 e. The van der Waals surface area contributed by atoms with Gasteiger partial charge in [-0.2, -0.15) is 0 Å². The van der Waals surface area contributed by atoms with E-state index in [2.05, 4.69) is 282 Å². The van der Waals surface area contributed by atoms with Gasteiger partial charge in [-0.05, 0) is 154 Å². The summed E-state index contributed by atoms with van der Waals surface area (Å²) in [6.45, 7) is 13.4. The summed E-state index contributed by atoms with van der Waals surface area (Å²) < 4.78 is 14.9. The Hall–Kier alpha value is -10.2. The predicted octanol–water partition coefficient (Wildman–Crippen LogP) is 22.8. The maximum atomic E-state index is 7.43. The van der Waals surface area contributed by atoms with E-state index in [0.29, 0.717) is 0 Å². The minimum absolute atomic E-state index is 0.849. The molecule has 0 N–H and O–H groups in total. The van der Waals surface area contributed by atoms with Gasteiger partial charge in [0, 0.05) is 43.4 Å². The number of fused-ring (bicyclic) bond motifs is 10. The number of nitrogens with zero attached hydrogens (tertiary/aromatic N) is 2. The third-order valence-corrected chi connectivity index (χ3v) is 17.4. The topological polar surface area (TPSA) is 32.8 Å². The number of anilines is 6.